The first-order chi connectivity index (χ1) is 16.6. The molecule has 0 spiro atoms. The van der Waals surface area contributed by atoms with Gasteiger partial charge in [0.1, 0.15) is 9.71 Å². The topological polar surface area (TPSA) is 126 Å². The molecule has 0 saturated heterocycles. The van der Waals surface area contributed by atoms with Gasteiger partial charge in [-0.15, -0.1) is 16.4 Å². The summed E-state index contributed by atoms with van der Waals surface area (Å²) in [5.41, 5.74) is 9.02. The molecule has 1 saturated carbocycles. The smallest absolute Gasteiger partial charge is 0.332 e. The molecule has 34 heavy (non-hydrogen) atoms. The standard InChI is InChI=1S/C24H21N7O2S/c25-15-7-4-8-16(15)28-22(32)21-20-19-17(9-10-26-23(19)34-21)31(24(33)29-20)18-11-14(12-27-30-18)13-5-2-1-3-6-13/h1-3,5-6,9-12,15-16H,4,7-8,25H2,(H,28,32)(H,29,33)/t15-,16+/m0/s1. The molecule has 0 bridgehead atoms. The molecule has 0 radical (unpaired) electrons. The minimum Gasteiger partial charge on any atom is -0.347 e. The van der Waals surface area contributed by atoms with Gasteiger partial charge >= 0.3 is 6.03 Å². The van der Waals surface area contributed by atoms with E-state index in [4.69, 9.17) is 5.73 Å². The Morgan fingerprint density at radius 2 is 2.03 bits per heavy atom. The number of anilines is 3. The Labute approximate surface area is 199 Å². The second-order valence-electron chi connectivity index (χ2n) is 8.43. The second kappa shape index (κ2) is 8.15. The predicted octanol–water partition coefficient (Wildman–Crippen LogP) is 4.05. The highest BCUT2D eigenvalue weighted by Crippen LogP contribution is 2.45. The van der Waals surface area contributed by atoms with Crippen molar-refractivity contribution >= 4 is 50.7 Å². The van der Waals surface area contributed by atoms with Crippen LogP contribution in [0.15, 0.2) is 54.9 Å². The van der Waals surface area contributed by atoms with Crippen LogP contribution in [0.4, 0.5) is 22.0 Å². The number of amides is 3. The summed E-state index contributed by atoms with van der Waals surface area (Å²) in [6.45, 7) is 0. The molecule has 4 aromatic rings. The van der Waals surface area contributed by atoms with Crippen LogP contribution in [0.3, 0.4) is 0 Å². The van der Waals surface area contributed by atoms with E-state index < -0.39 is 6.03 Å². The summed E-state index contributed by atoms with van der Waals surface area (Å²) in [6, 6.07) is 12.8. The number of pyridine rings is 1. The van der Waals surface area contributed by atoms with Gasteiger partial charge in [0.2, 0.25) is 0 Å². The van der Waals surface area contributed by atoms with Gasteiger partial charge in [-0.1, -0.05) is 30.3 Å². The summed E-state index contributed by atoms with van der Waals surface area (Å²) < 4.78 is 0. The molecule has 4 N–H and O–H groups in total. The van der Waals surface area contributed by atoms with Gasteiger partial charge in [-0.05, 0) is 37.0 Å². The highest BCUT2D eigenvalue weighted by Gasteiger charge is 2.35. The number of urea groups is 1. The fraction of sp³-hybridized carbons (Fsp3) is 0.208. The first-order valence-electron chi connectivity index (χ1n) is 11.1. The zero-order valence-electron chi connectivity index (χ0n) is 18.1. The summed E-state index contributed by atoms with van der Waals surface area (Å²) in [5.74, 6) is 0.136. The first-order valence-corrected chi connectivity index (χ1v) is 11.9. The average Bonchev–Trinajstić information content (AvgIpc) is 3.44. The number of nitrogens with one attached hydrogen (secondary N) is 2. The highest BCUT2D eigenvalue weighted by molar-refractivity contribution is 7.21. The lowest BCUT2D eigenvalue weighted by Gasteiger charge is -2.27. The third-order valence-electron chi connectivity index (χ3n) is 6.32. The van der Waals surface area contributed by atoms with Gasteiger partial charge in [0.15, 0.2) is 5.82 Å². The Morgan fingerprint density at radius 3 is 2.82 bits per heavy atom. The SMILES string of the molecule is N[C@H]1CCC[C@H]1NC(=O)c1sc2nccc3c2c1NC(=O)N3c1cc(-c2ccccc2)cnn1. The summed E-state index contributed by atoms with van der Waals surface area (Å²) in [4.78, 5) is 33.4. The van der Waals surface area contributed by atoms with Crippen molar-refractivity contribution in [3.8, 4) is 11.1 Å². The first kappa shape index (κ1) is 20.7. The largest absolute Gasteiger partial charge is 0.347 e. The molecule has 3 amide bonds. The molecule has 2 aliphatic rings. The van der Waals surface area contributed by atoms with Crippen LogP contribution in [0.25, 0.3) is 21.3 Å². The number of nitrogens with zero attached hydrogens (tertiary/aromatic N) is 4. The second-order valence-corrected chi connectivity index (χ2v) is 9.42. The van der Waals surface area contributed by atoms with Crippen molar-refractivity contribution in [2.45, 2.75) is 31.3 Å². The van der Waals surface area contributed by atoms with E-state index in [0.717, 1.165) is 30.4 Å². The van der Waals surface area contributed by atoms with Crippen LogP contribution in [-0.2, 0) is 0 Å². The quantitative estimate of drug-likeness (QED) is 0.412. The van der Waals surface area contributed by atoms with E-state index >= 15 is 0 Å². The predicted molar refractivity (Wildman–Crippen MR) is 131 cm³/mol. The number of rotatable bonds is 4. The minimum absolute atomic E-state index is 0.0519. The van der Waals surface area contributed by atoms with Crippen molar-refractivity contribution in [1.82, 2.24) is 20.5 Å². The van der Waals surface area contributed by atoms with Gasteiger partial charge in [0, 0.05) is 23.8 Å². The van der Waals surface area contributed by atoms with Crippen LogP contribution in [0.2, 0.25) is 0 Å². The van der Waals surface area contributed by atoms with Crippen LogP contribution >= 0.6 is 11.3 Å². The van der Waals surface area contributed by atoms with E-state index in [1.54, 1.807) is 18.5 Å². The fourth-order valence-corrected chi connectivity index (χ4v) is 5.65. The summed E-state index contributed by atoms with van der Waals surface area (Å²) >= 11 is 1.25. The van der Waals surface area contributed by atoms with Crippen LogP contribution in [0, 0.1) is 0 Å². The number of hydrogen-bond donors (Lipinski definition) is 3. The molecule has 1 aliphatic carbocycles. The average molecular weight is 472 g/mol. The molecule has 9 nitrogen and oxygen atoms in total. The maximum Gasteiger partial charge on any atom is 0.332 e. The van der Waals surface area contributed by atoms with E-state index in [1.165, 1.54) is 16.2 Å². The third-order valence-corrected chi connectivity index (χ3v) is 7.41. The minimum atomic E-state index is -0.412. The van der Waals surface area contributed by atoms with Crippen molar-refractivity contribution in [1.29, 1.82) is 0 Å². The van der Waals surface area contributed by atoms with Gasteiger partial charge in [0.05, 0.1) is 23.0 Å². The van der Waals surface area contributed by atoms with E-state index in [0.29, 0.717) is 32.3 Å². The molecule has 6 rings (SSSR count). The number of carbonyl (C=O) groups is 2. The maximum atomic E-state index is 13.3. The van der Waals surface area contributed by atoms with Gasteiger partial charge in [0.25, 0.3) is 5.91 Å². The molecule has 170 valence electrons. The molecule has 4 heterocycles. The third kappa shape index (κ3) is 3.39. The van der Waals surface area contributed by atoms with Crippen molar-refractivity contribution in [3.05, 3.63) is 59.7 Å². The monoisotopic (exact) mass is 471 g/mol. The normalized spacial score (nSPS) is 19.3. The number of benzene rings is 1. The highest BCUT2D eigenvalue weighted by atomic mass is 32.1. The number of thiophene rings is 1. The van der Waals surface area contributed by atoms with Gasteiger partial charge in [-0.2, -0.15) is 5.10 Å². The van der Waals surface area contributed by atoms with E-state index in [-0.39, 0.29) is 18.0 Å². The molecule has 1 aromatic carbocycles. The van der Waals surface area contributed by atoms with Crippen molar-refractivity contribution in [2.75, 3.05) is 10.2 Å². The number of carbonyl (C=O) groups excluding carboxylic acids is 2. The molecular formula is C24H21N7O2S. The van der Waals surface area contributed by atoms with E-state index in [1.807, 2.05) is 36.4 Å². The summed E-state index contributed by atoms with van der Waals surface area (Å²) in [7, 11) is 0. The Morgan fingerprint density at radius 1 is 1.18 bits per heavy atom. The van der Waals surface area contributed by atoms with Crippen LogP contribution in [-0.4, -0.2) is 39.2 Å². The Hall–Kier alpha value is -3.89. The van der Waals surface area contributed by atoms with E-state index in [2.05, 4.69) is 25.8 Å². The van der Waals surface area contributed by atoms with Crippen molar-refractivity contribution in [3.63, 3.8) is 0 Å². The molecule has 3 aromatic heterocycles. The van der Waals surface area contributed by atoms with Gasteiger partial charge in [-0.3, -0.25) is 4.79 Å². The summed E-state index contributed by atoms with van der Waals surface area (Å²) in [5, 5.41) is 15.0. The maximum absolute atomic E-state index is 13.3. The lowest BCUT2D eigenvalue weighted by Crippen LogP contribution is -2.44. The Bertz CT molecular complexity index is 1420. The number of hydrogen-bond acceptors (Lipinski definition) is 7. The lowest BCUT2D eigenvalue weighted by molar-refractivity contribution is 0.0939. The molecule has 10 heteroatoms. The van der Waals surface area contributed by atoms with Crippen molar-refractivity contribution < 1.29 is 9.59 Å². The van der Waals surface area contributed by atoms with Crippen LogP contribution in [0.5, 0.6) is 0 Å². The molecular weight excluding hydrogens is 450 g/mol. The number of aromatic nitrogens is 3. The molecule has 0 unspecified atom stereocenters. The van der Waals surface area contributed by atoms with Gasteiger partial charge < -0.3 is 16.4 Å². The van der Waals surface area contributed by atoms with Crippen molar-refractivity contribution in [2.24, 2.45) is 5.73 Å². The lowest BCUT2D eigenvalue weighted by atomic mass is 10.1. The fourth-order valence-electron chi connectivity index (χ4n) is 4.63. The van der Waals surface area contributed by atoms with Gasteiger partial charge in [-0.25, -0.2) is 14.7 Å². The molecule has 1 fully saturated rings. The molecule has 1 aliphatic heterocycles. The Balaban J connectivity index is 1.41. The Kier molecular flexibility index (Phi) is 4.96. The summed E-state index contributed by atoms with van der Waals surface area (Å²) in [6.07, 6.45) is 6.03. The van der Waals surface area contributed by atoms with Crippen LogP contribution < -0.4 is 21.3 Å². The zero-order valence-corrected chi connectivity index (χ0v) is 18.9. The van der Waals surface area contributed by atoms with E-state index in [9.17, 15) is 9.59 Å². The zero-order chi connectivity index (χ0) is 23.2. The molecule has 2 atom stereocenters. The van der Waals surface area contributed by atoms with Crippen LogP contribution in [0.1, 0.15) is 28.9 Å². The number of nitrogens with two attached hydrogens (primary N) is 1.